The Hall–Kier alpha value is -4.39. The van der Waals surface area contributed by atoms with Gasteiger partial charge in [-0.05, 0) is 13.8 Å². The third-order valence-electron chi connectivity index (χ3n) is 4.60. The van der Waals surface area contributed by atoms with Gasteiger partial charge in [-0.15, -0.1) is 23.1 Å². The lowest BCUT2D eigenvalue weighted by Gasteiger charge is -2.49. The van der Waals surface area contributed by atoms with Gasteiger partial charge in [0.2, 0.25) is 6.29 Å². The topological polar surface area (TPSA) is 235 Å². The number of aromatic nitrogens is 1. The lowest BCUT2D eigenvalue weighted by molar-refractivity contribution is -0.169. The van der Waals surface area contributed by atoms with Gasteiger partial charge in [0.25, 0.3) is 17.7 Å². The molecule has 0 bridgehead atoms. The number of thioether (sulfide) groups is 1. The number of amides is 2. The number of nitrogen functional groups attached to an aromatic ring is 1. The molecule has 6 N–H and O–H groups in total. The van der Waals surface area contributed by atoms with Crippen LogP contribution in [0.5, 0.6) is 5.88 Å². The van der Waals surface area contributed by atoms with Gasteiger partial charge in [0, 0.05) is 18.2 Å². The molecular formula is C20H25N9O8S2. The van der Waals surface area contributed by atoms with Gasteiger partial charge in [-0.1, -0.05) is 5.16 Å². The van der Waals surface area contributed by atoms with Crippen molar-refractivity contribution < 1.29 is 38.2 Å². The Morgan fingerprint density at radius 3 is 2.69 bits per heavy atom. The van der Waals surface area contributed by atoms with Crippen molar-refractivity contribution in [2.75, 3.05) is 11.5 Å². The number of nitrogens with zero attached hydrogens (tertiary/aromatic N) is 5. The average molecular weight is 584 g/mol. The molecule has 3 rings (SSSR count). The molecule has 0 saturated carbocycles. The highest BCUT2D eigenvalue weighted by atomic mass is 32.2. The summed E-state index contributed by atoms with van der Waals surface area (Å²) in [7, 11) is 0. The maximum absolute atomic E-state index is 13.1. The number of hydrogen-bond acceptors (Lipinski definition) is 16. The summed E-state index contributed by atoms with van der Waals surface area (Å²) in [5.41, 5.74) is 8.08. The highest BCUT2D eigenvalue weighted by Crippen LogP contribution is 2.40. The zero-order chi connectivity index (χ0) is 28.5. The summed E-state index contributed by atoms with van der Waals surface area (Å²) in [5.74, 6) is 3.06. The number of anilines is 1. The number of nitrogens with one attached hydrogen (secondary N) is 2. The van der Waals surface area contributed by atoms with Crippen LogP contribution in [-0.4, -0.2) is 82.2 Å². The molecule has 1 fully saturated rings. The first-order valence-corrected chi connectivity index (χ1v) is 13.0. The molecule has 2 amide bonds. The van der Waals surface area contributed by atoms with Crippen LogP contribution in [0.2, 0.25) is 0 Å². The molecule has 0 aliphatic carbocycles. The number of ether oxygens (including phenoxy) is 3. The number of rotatable bonds is 11. The van der Waals surface area contributed by atoms with E-state index in [0.29, 0.717) is 5.57 Å². The highest BCUT2D eigenvalue weighted by Gasteiger charge is 2.54. The zero-order valence-corrected chi connectivity index (χ0v) is 22.4. The van der Waals surface area contributed by atoms with Crippen molar-refractivity contribution in [3.8, 4) is 5.88 Å². The number of fused-ring (bicyclic) bond motifs is 1. The molecule has 1 aromatic heterocycles. The van der Waals surface area contributed by atoms with Gasteiger partial charge in [-0.2, -0.15) is 15.2 Å². The van der Waals surface area contributed by atoms with Crippen LogP contribution in [-0.2, 0) is 28.6 Å². The molecule has 2 aliphatic rings. The minimum absolute atomic E-state index is 0.112. The van der Waals surface area contributed by atoms with E-state index >= 15 is 0 Å². The quantitative estimate of drug-likeness (QED) is 0.0497. The van der Waals surface area contributed by atoms with E-state index in [1.54, 1.807) is 13.8 Å². The van der Waals surface area contributed by atoms with Gasteiger partial charge >= 0.3 is 12.1 Å². The van der Waals surface area contributed by atoms with E-state index in [0.717, 1.165) is 28.8 Å². The standard InChI is InChI=1S/C20H25N9O8S2/c1-9(2)34-20(33)36-10(3)35-18(32)15-11(4-24-25-8-23-22)6-38-17-14(16(31)29(15)17)27-12(30)5-26-37-13-7-39-19(21)28-13/h4-5,7-10,14,17H,6,22H2,1-3H3,(H2,21,28)(H,23,25)(H,27,30)/b24-4+,26-5+. The van der Waals surface area contributed by atoms with Crippen molar-refractivity contribution in [2.24, 2.45) is 21.2 Å². The number of carbonyl (C=O) groups is 4. The first-order valence-electron chi connectivity index (χ1n) is 11.1. The fraction of sp³-hybridized carbons (Fsp3) is 0.400. The molecule has 3 unspecified atom stereocenters. The van der Waals surface area contributed by atoms with Crippen LogP contribution >= 0.6 is 23.1 Å². The molecule has 3 atom stereocenters. The number of carbonyl (C=O) groups excluding carboxylic acids is 4. The van der Waals surface area contributed by atoms with Gasteiger partial charge in [-0.25, -0.2) is 9.59 Å². The molecule has 19 heteroatoms. The molecule has 0 radical (unpaired) electrons. The lowest BCUT2D eigenvalue weighted by atomic mass is 10.0. The number of hydrazone groups is 2. The summed E-state index contributed by atoms with van der Waals surface area (Å²) in [6, 6.07) is -0.970. The number of oxime groups is 1. The molecule has 0 aromatic carbocycles. The zero-order valence-electron chi connectivity index (χ0n) is 20.8. The van der Waals surface area contributed by atoms with Gasteiger partial charge in [-0.3, -0.25) is 19.9 Å². The van der Waals surface area contributed by atoms with Crippen LogP contribution in [0.4, 0.5) is 9.93 Å². The Morgan fingerprint density at radius 2 is 2.03 bits per heavy atom. The molecule has 1 saturated heterocycles. The van der Waals surface area contributed by atoms with E-state index in [-0.39, 0.29) is 22.5 Å². The number of hydrogen-bond donors (Lipinski definition) is 4. The molecule has 1 aromatic rings. The van der Waals surface area contributed by atoms with Crippen LogP contribution in [0.15, 0.2) is 32.0 Å². The first kappa shape index (κ1) is 29.2. The Bertz CT molecular complexity index is 1220. The van der Waals surface area contributed by atoms with Crippen molar-refractivity contribution in [1.82, 2.24) is 20.6 Å². The van der Waals surface area contributed by atoms with Crippen LogP contribution in [0, 0.1) is 0 Å². The molecule has 3 heterocycles. The van der Waals surface area contributed by atoms with Crippen molar-refractivity contribution >= 4 is 70.9 Å². The fourth-order valence-corrected chi connectivity index (χ4v) is 4.89. The molecule has 2 aliphatic heterocycles. The second kappa shape index (κ2) is 13.4. The molecule has 39 heavy (non-hydrogen) atoms. The third kappa shape index (κ3) is 7.80. The van der Waals surface area contributed by atoms with E-state index < -0.39 is 47.7 Å². The summed E-state index contributed by atoms with van der Waals surface area (Å²) in [4.78, 5) is 60.0. The minimum Gasteiger partial charge on any atom is -0.431 e. The monoisotopic (exact) mass is 583 g/mol. The fourth-order valence-electron chi connectivity index (χ4n) is 3.13. The van der Waals surface area contributed by atoms with Crippen LogP contribution < -0.4 is 27.2 Å². The second-order valence-electron chi connectivity index (χ2n) is 7.79. The smallest absolute Gasteiger partial charge is 0.431 e. The van der Waals surface area contributed by atoms with Crippen LogP contribution in [0.1, 0.15) is 20.8 Å². The van der Waals surface area contributed by atoms with E-state index in [4.69, 9.17) is 30.6 Å². The SMILES string of the molecule is CC(C)OC(=O)OC(C)OC(=O)C1=C(/C=N/N/C=N/N)CSC2C(NC(=O)/C=N/Oc3csc(N)n3)C(=O)N12. The van der Waals surface area contributed by atoms with E-state index in [1.165, 1.54) is 30.3 Å². The number of thiazole rings is 1. The van der Waals surface area contributed by atoms with Crippen molar-refractivity contribution in [3.63, 3.8) is 0 Å². The minimum atomic E-state index is -1.33. The second-order valence-corrected chi connectivity index (χ2v) is 9.79. The van der Waals surface area contributed by atoms with Crippen molar-refractivity contribution in [1.29, 1.82) is 0 Å². The molecule has 0 spiro atoms. The Balaban J connectivity index is 1.69. The Labute approximate surface area is 229 Å². The average Bonchev–Trinajstić information content (AvgIpc) is 3.28. The van der Waals surface area contributed by atoms with E-state index in [1.807, 2.05) is 0 Å². The van der Waals surface area contributed by atoms with E-state index in [2.05, 4.69) is 31.1 Å². The predicted octanol–water partition coefficient (Wildman–Crippen LogP) is -0.328. The maximum atomic E-state index is 13.1. The summed E-state index contributed by atoms with van der Waals surface area (Å²) in [5, 5.41) is 14.3. The Kier molecular flexibility index (Phi) is 10.0. The maximum Gasteiger partial charge on any atom is 0.511 e. The number of nitrogens with two attached hydrogens (primary N) is 2. The number of β-lactam (4-membered cyclic amide) rings is 1. The van der Waals surface area contributed by atoms with Gasteiger partial charge < -0.3 is 35.9 Å². The van der Waals surface area contributed by atoms with Crippen LogP contribution in [0.3, 0.4) is 0 Å². The van der Waals surface area contributed by atoms with Crippen molar-refractivity contribution in [2.45, 2.75) is 44.6 Å². The Morgan fingerprint density at radius 1 is 1.26 bits per heavy atom. The van der Waals surface area contributed by atoms with Gasteiger partial charge in [0.15, 0.2) is 5.13 Å². The van der Waals surface area contributed by atoms with E-state index in [9.17, 15) is 19.2 Å². The first-order chi connectivity index (χ1) is 18.6. The highest BCUT2D eigenvalue weighted by molar-refractivity contribution is 8.00. The summed E-state index contributed by atoms with van der Waals surface area (Å²) < 4.78 is 15.0. The third-order valence-corrected chi connectivity index (χ3v) is 6.55. The van der Waals surface area contributed by atoms with Gasteiger partial charge in [0.1, 0.15) is 29.7 Å². The summed E-state index contributed by atoms with van der Waals surface area (Å²) in [6.45, 7) is 4.56. The molecule has 210 valence electrons. The largest absolute Gasteiger partial charge is 0.511 e. The lowest BCUT2D eigenvalue weighted by Crippen LogP contribution is -2.70. The van der Waals surface area contributed by atoms with Crippen molar-refractivity contribution in [3.05, 3.63) is 16.7 Å². The predicted molar refractivity (Wildman–Crippen MR) is 140 cm³/mol. The van der Waals surface area contributed by atoms with Gasteiger partial charge in [0.05, 0.1) is 17.7 Å². The molecular weight excluding hydrogens is 558 g/mol. The summed E-state index contributed by atoms with van der Waals surface area (Å²) >= 11 is 2.40. The van der Waals surface area contributed by atoms with Crippen LogP contribution in [0.25, 0.3) is 0 Å². The summed E-state index contributed by atoms with van der Waals surface area (Å²) in [6.07, 6.45) is 0.409. The molecule has 17 nitrogen and oxygen atoms in total. The normalized spacial score (nSPS) is 19.7. The number of esters is 1.